The van der Waals surface area contributed by atoms with Gasteiger partial charge in [-0.1, -0.05) is 31.2 Å². The summed E-state index contributed by atoms with van der Waals surface area (Å²) >= 11 is 0. The van der Waals surface area contributed by atoms with Crippen molar-refractivity contribution in [1.82, 2.24) is 4.90 Å². The molecular formula is C15H22N2O. The lowest BCUT2D eigenvalue weighted by atomic mass is 10.1. The first kappa shape index (κ1) is 14.5. The number of carbonyl (C=O) groups is 1. The Morgan fingerprint density at radius 2 is 2.00 bits per heavy atom. The Morgan fingerprint density at radius 3 is 2.50 bits per heavy atom. The summed E-state index contributed by atoms with van der Waals surface area (Å²) in [5, 5.41) is 2.99. The molecule has 0 bridgehead atoms. The fourth-order valence-corrected chi connectivity index (χ4v) is 1.88. The number of likely N-dealkylation sites (N-methyl/N-ethyl adjacent to an activating group) is 1. The lowest BCUT2D eigenvalue weighted by Gasteiger charge is -2.18. The van der Waals surface area contributed by atoms with Gasteiger partial charge < -0.3 is 5.32 Å². The Labute approximate surface area is 109 Å². The average Bonchev–Trinajstić information content (AvgIpc) is 2.33. The summed E-state index contributed by atoms with van der Waals surface area (Å²) < 4.78 is 0. The van der Waals surface area contributed by atoms with E-state index in [1.807, 2.05) is 49.9 Å². The van der Waals surface area contributed by atoms with E-state index >= 15 is 0 Å². The van der Waals surface area contributed by atoms with Crippen LogP contribution in [0.1, 0.15) is 18.1 Å². The second kappa shape index (κ2) is 6.97. The van der Waals surface area contributed by atoms with E-state index in [0.29, 0.717) is 6.54 Å². The summed E-state index contributed by atoms with van der Waals surface area (Å²) in [6, 6.07) is 6.00. The molecule has 1 N–H and O–H groups in total. The molecule has 0 unspecified atom stereocenters. The number of para-hydroxylation sites is 1. The molecule has 0 saturated carbocycles. The zero-order valence-electron chi connectivity index (χ0n) is 11.5. The maximum atomic E-state index is 12.0. The van der Waals surface area contributed by atoms with Crippen molar-refractivity contribution in [2.45, 2.75) is 20.8 Å². The first-order valence-corrected chi connectivity index (χ1v) is 6.27. The maximum absolute atomic E-state index is 12.0. The molecule has 1 rings (SSSR count). The van der Waals surface area contributed by atoms with Crippen LogP contribution >= 0.6 is 0 Å². The van der Waals surface area contributed by atoms with Gasteiger partial charge in [-0.15, -0.1) is 6.58 Å². The van der Waals surface area contributed by atoms with Gasteiger partial charge in [0.2, 0.25) is 5.91 Å². The Kier molecular flexibility index (Phi) is 5.59. The van der Waals surface area contributed by atoms with Gasteiger partial charge in [-0.2, -0.15) is 0 Å². The van der Waals surface area contributed by atoms with E-state index in [4.69, 9.17) is 0 Å². The lowest BCUT2D eigenvalue weighted by Crippen LogP contribution is -2.33. The Balaban J connectivity index is 2.67. The van der Waals surface area contributed by atoms with Crippen LogP contribution in [0.25, 0.3) is 0 Å². The molecule has 0 spiro atoms. The molecule has 0 aliphatic carbocycles. The van der Waals surface area contributed by atoms with Crippen molar-refractivity contribution in [2.75, 3.05) is 25.0 Å². The van der Waals surface area contributed by atoms with Crippen molar-refractivity contribution in [3.8, 4) is 0 Å². The van der Waals surface area contributed by atoms with Crippen molar-refractivity contribution >= 4 is 11.6 Å². The minimum atomic E-state index is 0.0242. The normalized spacial score (nSPS) is 10.4. The van der Waals surface area contributed by atoms with Gasteiger partial charge in [-0.25, -0.2) is 0 Å². The van der Waals surface area contributed by atoms with Crippen molar-refractivity contribution in [1.29, 1.82) is 0 Å². The molecule has 18 heavy (non-hydrogen) atoms. The third-order valence-corrected chi connectivity index (χ3v) is 2.95. The van der Waals surface area contributed by atoms with E-state index in [1.165, 1.54) is 0 Å². The number of nitrogens with zero attached hydrogens (tertiary/aromatic N) is 1. The quantitative estimate of drug-likeness (QED) is 0.783. The Bertz CT molecular complexity index is 406. The van der Waals surface area contributed by atoms with E-state index in [-0.39, 0.29) is 5.91 Å². The van der Waals surface area contributed by atoms with Gasteiger partial charge in [-0.3, -0.25) is 9.69 Å². The summed E-state index contributed by atoms with van der Waals surface area (Å²) in [6.07, 6.45) is 1.82. The van der Waals surface area contributed by atoms with Crippen LogP contribution < -0.4 is 5.32 Å². The number of rotatable bonds is 6. The van der Waals surface area contributed by atoms with Crippen molar-refractivity contribution < 1.29 is 4.79 Å². The molecular weight excluding hydrogens is 224 g/mol. The van der Waals surface area contributed by atoms with Crippen LogP contribution in [0.2, 0.25) is 0 Å². The molecule has 0 fully saturated rings. The first-order valence-electron chi connectivity index (χ1n) is 6.27. The summed E-state index contributed by atoms with van der Waals surface area (Å²) in [6.45, 7) is 11.7. The lowest BCUT2D eigenvalue weighted by molar-refractivity contribution is -0.117. The monoisotopic (exact) mass is 246 g/mol. The third kappa shape index (κ3) is 4.00. The van der Waals surface area contributed by atoms with Crippen molar-refractivity contribution in [3.05, 3.63) is 42.0 Å². The molecule has 1 aromatic carbocycles. The Morgan fingerprint density at radius 1 is 1.39 bits per heavy atom. The highest BCUT2D eigenvalue weighted by Gasteiger charge is 2.10. The number of anilines is 1. The standard InChI is InChI=1S/C15H22N2O/c1-5-10-17(6-2)11-14(18)16-15-12(3)8-7-9-13(15)4/h5,7-9H,1,6,10-11H2,2-4H3,(H,16,18). The highest BCUT2D eigenvalue weighted by molar-refractivity contribution is 5.93. The highest BCUT2D eigenvalue weighted by atomic mass is 16.2. The summed E-state index contributed by atoms with van der Waals surface area (Å²) in [5.74, 6) is 0.0242. The zero-order valence-corrected chi connectivity index (χ0v) is 11.5. The number of hydrogen-bond acceptors (Lipinski definition) is 2. The van der Waals surface area contributed by atoms with Crippen LogP contribution in [0.15, 0.2) is 30.9 Å². The minimum Gasteiger partial charge on any atom is -0.324 e. The summed E-state index contributed by atoms with van der Waals surface area (Å²) in [5.41, 5.74) is 3.11. The van der Waals surface area contributed by atoms with Gasteiger partial charge in [0.1, 0.15) is 0 Å². The Hall–Kier alpha value is -1.61. The molecule has 0 aliphatic rings. The van der Waals surface area contributed by atoms with Gasteiger partial charge >= 0.3 is 0 Å². The number of carbonyl (C=O) groups excluding carboxylic acids is 1. The molecule has 0 saturated heterocycles. The van der Waals surface area contributed by atoms with E-state index in [9.17, 15) is 4.79 Å². The van der Waals surface area contributed by atoms with E-state index in [0.717, 1.165) is 29.9 Å². The molecule has 3 nitrogen and oxygen atoms in total. The molecule has 1 amide bonds. The summed E-state index contributed by atoms with van der Waals surface area (Å²) in [4.78, 5) is 14.0. The minimum absolute atomic E-state index is 0.0242. The van der Waals surface area contributed by atoms with E-state index in [2.05, 4.69) is 11.9 Å². The molecule has 0 aromatic heterocycles. The molecule has 0 heterocycles. The SMILES string of the molecule is C=CCN(CC)CC(=O)Nc1c(C)cccc1C. The van der Waals surface area contributed by atoms with Gasteiger partial charge in [0, 0.05) is 12.2 Å². The van der Waals surface area contributed by atoms with Crippen LogP contribution in [0.4, 0.5) is 5.69 Å². The topological polar surface area (TPSA) is 32.3 Å². The van der Waals surface area contributed by atoms with Crippen LogP contribution in [0.3, 0.4) is 0 Å². The van der Waals surface area contributed by atoms with E-state index in [1.54, 1.807) is 0 Å². The average molecular weight is 246 g/mol. The van der Waals surface area contributed by atoms with Gasteiger partial charge in [-0.05, 0) is 31.5 Å². The number of benzene rings is 1. The predicted molar refractivity (Wildman–Crippen MR) is 76.9 cm³/mol. The van der Waals surface area contributed by atoms with Gasteiger partial charge in [0.05, 0.1) is 6.54 Å². The van der Waals surface area contributed by atoms with Crippen LogP contribution in [0, 0.1) is 13.8 Å². The fraction of sp³-hybridized carbons (Fsp3) is 0.400. The molecule has 1 aromatic rings. The zero-order chi connectivity index (χ0) is 13.5. The summed E-state index contributed by atoms with van der Waals surface area (Å²) in [7, 11) is 0. The molecule has 0 aliphatic heterocycles. The second-order valence-electron chi connectivity index (χ2n) is 4.43. The fourth-order valence-electron chi connectivity index (χ4n) is 1.88. The number of nitrogens with one attached hydrogen (secondary N) is 1. The largest absolute Gasteiger partial charge is 0.324 e. The molecule has 98 valence electrons. The highest BCUT2D eigenvalue weighted by Crippen LogP contribution is 2.19. The first-order chi connectivity index (χ1) is 8.58. The second-order valence-corrected chi connectivity index (χ2v) is 4.43. The molecule has 0 atom stereocenters. The maximum Gasteiger partial charge on any atom is 0.238 e. The molecule has 0 radical (unpaired) electrons. The predicted octanol–water partition coefficient (Wildman–Crippen LogP) is 2.75. The van der Waals surface area contributed by atoms with Crippen LogP contribution in [0.5, 0.6) is 0 Å². The third-order valence-electron chi connectivity index (χ3n) is 2.95. The van der Waals surface area contributed by atoms with Gasteiger partial charge in [0.15, 0.2) is 0 Å². The number of aryl methyl sites for hydroxylation is 2. The molecule has 3 heteroatoms. The van der Waals surface area contributed by atoms with Crippen LogP contribution in [-0.4, -0.2) is 30.4 Å². The number of hydrogen-bond donors (Lipinski definition) is 1. The van der Waals surface area contributed by atoms with E-state index < -0.39 is 0 Å². The van der Waals surface area contributed by atoms with Crippen LogP contribution in [-0.2, 0) is 4.79 Å². The smallest absolute Gasteiger partial charge is 0.238 e. The van der Waals surface area contributed by atoms with Gasteiger partial charge in [0.25, 0.3) is 0 Å². The van der Waals surface area contributed by atoms with Crippen molar-refractivity contribution in [2.24, 2.45) is 0 Å². The van der Waals surface area contributed by atoms with Crippen molar-refractivity contribution in [3.63, 3.8) is 0 Å². The number of amides is 1.